The van der Waals surface area contributed by atoms with Gasteiger partial charge in [-0.3, -0.25) is 9.59 Å². The first-order valence-electron chi connectivity index (χ1n) is 7.77. The molecule has 1 aromatic carbocycles. The van der Waals surface area contributed by atoms with Crippen LogP contribution in [-0.2, 0) is 14.3 Å². The van der Waals surface area contributed by atoms with Crippen molar-refractivity contribution in [2.75, 3.05) is 18.5 Å². The fourth-order valence-electron chi connectivity index (χ4n) is 2.74. The number of hydrogen-bond acceptors (Lipinski definition) is 4. The molecule has 124 valence electrons. The number of anilines is 1. The number of carbonyl (C=O) groups excluding carboxylic acids is 2. The highest BCUT2D eigenvalue weighted by Crippen LogP contribution is 2.38. The number of ether oxygens (including phenoxy) is 1. The number of rotatable bonds is 5. The number of halogens is 1. The molecule has 23 heavy (non-hydrogen) atoms. The van der Waals surface area contributed by atoms with Gasteiger partial charge in [-0.2, -0.15) is 0 Å². The van der Waals surface area contributed by atoms with Gasteiger partial charge in [-0.15, -0.1) is 11.8 Å². The predicted octanol–water partition coefficient (Wildman–Crippen LogP) is 2.83. The van der Waals surface area contributed by atoms with Gasteiger partial charge in [0.1, 0.15) is 0 Å². The van der Waals surface area contributed by atoms with Crippen molar-refractivity contribution in [2.45, 2.75) is 41.9 Å². The monoisotopic (exact) mass is 354 g/mol. The van der Waals surface area contributed by atoms with Gasteiger partial charge in [-0.25, -0.2) is 0 Å². The second-order valence-electron chi connectivity index (χ2n) is 5.71. The molecule has 0 radical (unpaired) electrons. The quantitative estimate of drug-likeness (QED) is 0.853. The Kier molecular flexibility index (Phi) is 5.46. The zero-order valence-corrected chi connectivity index (χ0v) is 14.2. The van der Waals surface area contributed by atoms with E-state index in [9.17, 15) is 9.59 Å². The standard InChI is InChI=1S/C16H19ClN2O3S/c17-10-3-4-13-12(8-10)19-16(21)14(23-13)9-15(20)18-6-5-11-2-1-7-22-11/h3-4,8,11,14H,1-2,5-7,9H2,(H,18,20)(H,19,21). The van der Waals surface area contributed by atoms with Gasteiger partial charge < -0.3 is 15.4 Å². The molecule has 2 aliphatic rings. The van der Waals surface area contributed by atoms with Gasteiger partial charge in [-0.05, 0) is 37.5 Å². The fourth-order valence-corrected chi connectivity index (χ4v) is 4.00. The van der Waals surface area contributed by atoms with Crippen molar-refractivity contribution in [1.29, 1.82) is 0 Å². The summed E-state index contributed by atoms with van der Waals surface area (Å²) in [4.78, 5) is 25.1. The molecule has 2 unspecified atom stereocenters. The van der Waals surface area contributed by atoms with Crippen LogP contribution in [0.4, 0.5) is 5.69 Å². The van der Waals surface area contributed by atoms with E-state index in [2.05, 4.69) is 10.6 Å². The summed E-state index contributed by atoms with van der Waals surface area (Å²) < 4.78 is 5.52. The smallest absolute Gasteiger partial charge is 0.238 e. The first-order chi connectivity index (χ1) is 11.1. The summed E-state index contributed by atoms with van der Waals surface area (Å²) in [7, 11) is 0. The molecule has 2 N–H and O–H groups in total. The molecular formula is C16H19ClN2O3S. The topological polar surface area (TPSA) is 67.4 Å². The Hall–Kier alpha value is -1.24. The number of thioether (sulfide) groups is 1. The van der Waals surface area contributed by atoms with E-state index in [0.717, 1.165) is 30.8 Å². The number of carbonyl (C=O) groups is 2. The minimum atomic E-state index is -0.411. The third kappa shape index (κ3) is 4.40. The van der Waals surface area contributed by atoms with Gasteiger partial charge >= 0.3 is 0 Å². The maximum atomic E-state index is 12.1. The van der Waals surface area contributed by atoms with Gasteiger partial charge in [0.2, 0.25) is 11.8 Å². The second kappa shape index (κ2) is 7.55. The van der Waals surface area contributed by atoms with E-state index in [1.54, 1.807) is 12.1 Å². The van der Waals surface area contributed by atoms with Crippen LogP contribution in [0.1, 0.15) is 25.7 Å². The highest BCUT2D eigenvalue weighted by atomic mass is 35.5. The Labute approximate surface area is 144 Å². The molecule has 0 saturated carbocycles. The predicted molar refractivity (Wildman–Crippen MR) is 90.9 cm³/mol. The molecule has 0 aromatic heterocycles. The van der Waals surface area contributed by atoms with Crippen molar-refractivity contribution in [3.05, 3.63) is 23.2 Å². The van der Waals surface area contributed by atoms with Crippen LogP contribution in [0.5, 0.6) is 0 Å². The summed E-state index contributed by atoms with van der Waals surface area (Å²) in [6.07, 6.45) is 3.43. The lowest BCUT2D eigenvalue weighted by molar-refractivity contribution is -0.124. The highest BCUT2D eigenvalue weighted by molar-refractivity contribution is 8.01. The van der Waals surface area contributed by atoms with Crippen LogP contribution in [0.15, 0.2) is 23.1 Å². The molecule has 2 aliphatic heterocycles. The zero-order chi connectivity index (χ0) is 16.2. The van der Waals surface area contributed by atoms with E-state index < -0.39 is 5.25 Å². The first kappa shape index (κ1) is 16.6. The van der Waals surface area contributed by atoms with Crippen LogP contribution in [0.25, 0.3) is 0 Å². The van der Waals surface area contributed by atoms with Crippen molar-refractivity contribution in [3.8, 4) is 0 Å². The molecule has 0 aliphatic carbocycles. The zero-order valence-electron chi connectivity index (χ0n) is 12.6. The number of fused-ring (bicyclic) bond motifs is 1. The SMILES string of the molecule is O=C(CC1Sc2ccc(Cl)cc2NC1=O)NCCC1CCCO1. The molecule has 0 spiro atoms. The Balaban J connectivity index is 1.48. The summed E-state index contributed by atoms with van der Waals surface area (Å²) in [5.41, 5.74) is 0.711. The van der Waals surface area contributed by atoms with E-state index >= 15 is 0 Å². The summed E-state index contributed by atoms with van der Waals surface area (Å²) in [5.74, 6) is -0.257. The summed E-state index contributed by atoms with van der Waals surface area (Å²) >= 11 is 7.33. The molecule has 5 nitrogen and oxygen atoms in total. The molecule has 1 saturated heterocycles. The Bertz CT molecular complexity index is 605. The number of hydrogen-bond donors (Lipinski definition) is 2. The van der Waals surface area contributed by atoms with Gasteiger partial charge in [0.15, 0.2) is 0 Å². The Morgan fingerprint density at radius 2 is 2.35 bits per heavy atom. The largest absolute Gasteiger partial charge is 0.378 e. The van der Waals surface area contributed by atoms with Gasteiger partial charge in [0.25, 0.3) is 0 Å². The number of amides is 2. The Morgan fingerprint density at radius 3 is 3.13 bits per heavy atom. The van der Waals surface area contributed by atoms with Crippen molar-refractivity contribution in [2.24, 2.45) is 0 Å². The van der Waals surface area contributed by atoms with Crippen LogP contribution < -0.4 is 10.6 Å². The van der Waals surface area contributed by atoms with Crippen molar-refractivity contribution in [1.82, 2.24) is 5.32 Å². The molecular weight excluding hydrogens is 336 g/mol. The molecule has 7 heteroatoms. The van der Waals surface area contributed by atoms with Crippen LogP contribution >= 0.6 is 23.4 Å². The van der Waals surface area contributed by atoms with E-state index in [1.807, 2.05) is 6.07 Å². The fraction of sp³-hybridized carbons (Fsp3) is 0.500. The van der Waals surface area contributed by atoms with Crippen LogP contribution in [0.3, 0.4) is 0 Å². The van der Waals surface area contributed by atoms with Crippen LogP contribution in [-0.4, -0.2) is 36.3 Å². The van der Waals surface area contributed by atoms with Crippen LogP contribution in [0.2, 0.25) is 5.02 Å². The third-order valence-electron chi connectivity index (χ3n) is 3.94. The normalized spacial score (nSPS) is 23.3. The summed E-state index contributed by atoms with van der Waals surface area (Å²) in [5, 5.41) is 5.86. The number of nitrogens with one attached hydrogen (secondary N) is 2. The second-order valence-corrected chi connectivity index (χ2v) is 7.40. The lowest BCUT2D eigenvalue weighted by Gasteiger charge is -2.23. The minimum absolute atomic E-state index is 0.104. The van der Waals surface area contributed by atoms with E-state index in [1.165, 1.54) is 11.8 Å². The molecule has 1 fully saturated rings. The molecule has 2 atom stereocenters. The van der Waals surface area contributed by atoms with E-state index in [0.29, 0.717) is 17.3 Å². The number of benzene rings is 1. The van der Waals surface area contributed by atoms with Crippen molar-refractivity contribution < 1.29 is 14.3 Å². The summed E-state index contributed by atoms with van der Waals surface area (Å²) in [6.45, 7) is 1.41. The lowest BCUT2D eigenvalue weighted by Crippen LogP contribution is -2.35. The lowest BCUT2D eigenvalue weighted by atomic mass is 10.2. The van der Waals surface area contributed by atoms with Gasteiger partial charge in [0.05, 0.1) is 17.0 Å². The van der Waals surface area contributed by atoms with E-state index in [4.69, 9.17) is 16.3 Å². The Morgan fingerprint density at radius 1 is 1.48 bits per heavy atom. The molecule has 1 aromatic rings. The van der Waals surface area contributed by atoms with Crippen molar-refractivity contribution >= 4 is 40.9 Å². The summed E-state index contributed by atoms with van der Waals surface area (Å²) in [6, 6.07) is 5.37. The maximum absolute atomic E-state index is 12.1. The highest BCUT2D eigenvalue weighted by Gasteiger charge is 2.29. The molecule has 0 bridgehead atoms. The average Bonchev–Trinajstić information content (AvgIpc) is 3.01. The average molecular weight is 355 g/mol. The molecule has 3 rings (SSSR count). The maximum Gasteiger partial charge on any atom is 0.238 e. The minimum Gasteiger partial charge on any atom is -0.378 e. The van der Waals surface area contributed by atoms with Crippen LogP contribution in [0, 0.1) is 0 Å². The molecule has 2 amide bonds. The van der Waals surface area contributed by atoms with Crippen molar-refractivity contribution in [3.63, 3.8) is 0 Å². The van der Waals surface area contributed by atoms with Gasteiger partial charge in [0, 0.05) is 29.5 Å². The first-order valence-corrected chi connectivity index (χ1v) is 9.03. The molecule has 2 heterocycles. The van der Waals surface area contributed by atoms with Gasteiger partial charge in [-0.1, -0.05) is 11.6 Å². The third-order valence-corrected chi connectivity index (χ3v) is 5.45. The van der Waals surface area contributed by atoms with E-state index in [-0.39, 0.29) is 24.3 Å².